The van der Waals surface area contributed by atoms with E-state index in [0.717, 1.165) is 15.7 Å². The molecule has 3 heterocycles. The molecule has 0 aliphatic carbocycles. The molecule has 0 saturated carbocycles. The second-order valence-electron chi connectivity index (χ2n) is 5.20. The van der Waals surface area contributed by atoms with Crippen LogP contribution >= 0.6 is 15.9 Å². The predicted molar refractivity (Wildman–Crippen MR) is 93.3 cm³/mol. The van der Waals surface area contributed by atoms with Crippen LogP contribution in [0.1, 0.15) is 11.8 Å². The average molecular weight is 385 g/mol. The number of nitrogens with one attached hydrogen (secondary N) is 2. The summed E-state index contributed by atoms with van der Waals surface area (Å²) in [5.74, 6) is 0. The highest BCUT2D eigenvalue weighted by molar-refractivity contribution is 9.10. The Kier molecular flexibility index (Phi) is 3.75. The minimum Gasteiger partial charge on any atom is -0.369 e. The Labute approximate surface area is 145 Å². The van der Waals surface area contributed by atoms with Gasteiger partial charge in [-0.25, -0.2) is 9.50 Å². The summed E-state index contributed by atoms with van der Waals surface area (Å²) in [6.45, 7) is 0. The molecule has 0 fully saturated rings. The van der Waals surface area contributed by atoms with Gasteiger partial charge in [0.25, 0.3) is 0 Å². The van der Waals surface area contributed by atoms with Crippen LogP contribution in [0.25, 0.3) is 16.9 Å². The van der Waals surface area contributed by atoms with Crippen LogP contribution in [0.3, 0.4) is 0 Å². The molecule has 1 atom stereocenters. The molecule has 7 nitrogen and oxygen atoms in total. The summed E-state index contributed by atoms with van der Waals surface area (Å²) in [4.78, 5) is 4.25. The number of fused-ring (bicyclic) bond motifs is 1. The monoisotopic (exact) mass is 384 g/mol. The van der Waals surface area contributed by atoms with E-state index >= 15 is 0 Å². The van der Waals surface area contributed by atoms with Gasteiger partial charge >= 0.3 is 0 Å². The Morgan fingerprint density at radius 3 is 3.04 bits per heavy atom. The van der Waals surface area contributed by atoms with E-state index < -0.39 is 6.23 Å². The zero-order valence-corrected chi connectivity index (χ0v) is 14.0. The first-order chi connectivity index (χ1) is 11.7. The number of benzene rings is 1. The molecule has 1 unspecified atom stereocenters. The van der Waals surface area contributed by atoms with Crippen LogP contribution in [0, 0.1) is 0 Å². The predicted octanol–water partition coefficient (Wildman–Crippen LogP) is 2.98. The number of H-pyrrole nitrogens is 1. The summed E-state index contributed by atoms with van der Waals surface area (Å²) in [6, 6.07) is 9.61. The summed E-state index contributed by atoms with van der Waals surface area (Å²) < 4.78 is 2.58. The van der Waals surface area contributed by atoms with E-state index in [1.54, 1.807) is 35.4 Å². The molecule has 1 aromatic carbocycles. The summed E-state index contributed by atoms with van der Waals surface area (Å²) in [6.07, 6.45) is 5.72. The van der Waals surface area contributed by atoms with Crippen molar-refractivity contribution in [2.75, 3.05) is 5.32 Å². The number of rotatable bonds is 4. The van der Waals surface area contributed by atoms with Crippen LogP contribution in [-0.2, 0) is 0 Å². The number of nitrogens with zero attached hydrogens (tertiary/aromatic N) is 4. The minimum atomic E-state index is -0.957. The highest BCUT2D eigenvalue weighted by Crippen LogP contribution is 2.30. The van der Waals surface area contributed by atoms with Crippen molar-refractivity contribution in [3.8, 4) is 11.3 Å². The second kappa shape index (κ2) is 6.06. The zero-order valence-electron chi connectivity index (χ0n) is 12.4. The van der Waals surface area contributed by atoms with Gasteiger partial charge in [-0.3, -0.25) is 5.10 Å². The fraction of sp³-hybridized carbons (Fsp3) is 0.0625. The van der Waals surface area contributed by atoms with Crippen LogP contribution in [-0.4, -0.2) is 29.9 Å². The van der Waals surface area contributed by atoms with Crippen molar-refractivity contribution < 1.29 is 5.11 Å². The molecule has 24 heavy (non-hydrogen) atoms. The van der Waals surface area contributed by atoms with Gasteiger partial charge < -0.3 is 10.4 Å². The first kappa shape index (κ1) is 14.9. The van der Waals surface area contributed by atoms with Gasteiger partial charge in [0.2, 0.25) is 0 Å². The molecule has 4 aromatic rings. The van der Waals surface area contributed by atoms with Crippen molar-refractivity contribution in [2.24, 2.45) is 0 Å². The molecule has 0 spiro atoms. The molecule has 0 aliphatic rings. The SMILES string of the molecule is OC(Nc1cn[nH]c1-c1cccc(Br)c1)c1cnn2cccnc12. The van der Waals surface area contributed by atoms with E-state index in [1.165, 1.54) is 0 Å². The van der Waals surface area contributed by atoms with Crippen molar-refractivity contribution in [3.05, 3.63) is 65.2 Å². The van der Waals surface area contributed by atoms with Crippen molar-refractivity contribution >= 4 is 27.3 Å². The third-order valence-electron chi connectivity index (χ3n) is 3.65. The molecule has 4 rings (SSSR count). The summed E-state index contributed by atoms with van der Waals surface area (Å²) in [5, 5.41) is 24.8. The number of anilines is 1. The summed E-state index contributed by atoms with van der Waals surface area (Å²) in [7, 11) is 0. The normalized spacial score (nSPS) is 12.4. The van der Waals surface area contributed by atoms with Crippen LogP contribution in [0.4, 0.5) is 5.69 Å². The van der Waals surface area contributed by atoms with Crippen molar-refractivity contribution in [1.82, 2.24) is 24.8 Å². The molecule has 120 valence electrons. The highest BCUT2D eigenvalue weighted by atomic mass is 79.9. The molecular formula is C16H13BrN6O. The molecular weight excluding hydrogens is 372 g/mol. The first-order valence-corrected chi connectivity index (χ1v) is 8.04. The lowest BCUT2D eigenvalue weighted by Crippen LogP contribution is -2.10. The van der Waals surface area contributed by atoms with Gasteiger partial charge in [0, 0.05) is 22.4 Å². The Morgan fingerprint density at radius 1 is 1.25 bits per heavy atom. The fourth-order valence-electron chi connectivity index (χ4n) is 2.52. The quantitative estimate of drug-likeness (QED) is 0.470. The van der Waals surface area contributed by atoms with Gasteiger partial charge in [-0.05, 0) is 18.2 Å². The number of aliphatic hydroxyl groups is 1. The van der Waals surface area contributed by atoms with Gasteiger partial charge in [0.1, 0.15) is 0 Å². The standard InChI is InChI=1S/C16H13BrN6O/c17-11-4-1-3-10(7-11)14-13(9-19-22-14)21-16(24)12-8-20-23-6-2-5-18-15(12)23/h1-9,16,21,24H,(H,19,22). The lowest BCUT2D eigenvalue weighted by Gasteiger charge is -2.13. The molecule has 0 aliphatic heterocycles. The Bertz CT molecular complexity index is 995. The lowest BCUT2D eigenvalue weighted by atomic mass is 10.1. The van der Waals surface area contributed by atoms with E-state index in [2.05, 4.69) is 41.5 Å². The molecule has 8 heteroatoms. The van der Waals surface area contributed by atoms with Gasteiger partial charge in [0.05, 0.1) is 29.3 Å². The molecule has 0 radical (unpaired) electrons. The highest BCUT2D eigenvalue weighted by Gasteiger charge is 2.17. The lowest BCUT2D eigenvalue weighted by molar-refractivity contribution is 0.209. The molecule has 0 saturated heterocycles. The van der Waals surface area contributed by atoms with E-state index in [4.69, 9.17) is 0 Å². The molecule has 3 N–H and O–H groups in total. The van der Waals surface area contributed by atoms with Gasteiger partial charge in [0.15, 0.2) is 11.9 Å². The summed E-state index contributed by atoms with van der Waals surface area (Å²) >= 11 is 3.46. The molecule has 0 bridgehead atoms. The maximum atomic E-state index is 10.5. The maximum Gasteiger partial charge on any atom is 0.162 e. The van der Waals surface area contributed by atoms with Crippen molar-refractivity contribution in [1.29, 1.82) is 0 Å². The number of hydrogen-bond donors (Lipinski definition) is 3. The Hall–Kier alpha value is -2.71. The third kappa shape index (κ3) is 2.66. The summed E-state index contributed by atoms with van der Waals surface area (Å²) in [5.41, 5.74) is 3.63. The maximum absolute atomic E-state index is 10.5. The van der Waals surface area contributed by atoms with E-state index in [9.17, 15) is 5.11 Å². The Balaban J connectivity index is 1.66. The van der Waals surface area contributed by atoms with Gasteiger partial charge in [-0.1, -0.05) is 28.1 Å². The third-order valence-corrected chi connectivity index (χ3v) is 4.14. The van der Waals surface area contributed by atoms with Crippen LogP contribution in [0.2, 0.25) is 0 Å². The number of aromatic nitrogens is 5. The Morgan fingerprint density at radius 2 is 2.17 bits per heavy atom. The van der Waals surface area contributed by atoms with Gasteiger partial charge in [-0.15, -0.1) is 0 Å². The average Bonchev–Trinajstić information content (AvgIpc) is 3.21. The van der Waals surface area contributed by atoms with Crippen molar-refractivity contribution in [3.63, 3.8) is 0 Å². The van der Waals surface area contributed by atoms with E-state index in [1.807, 2.05) is 24.3 Å². The van der Waals surface area contributed by atoms with Crippen molar-refractivity contribution in [2.45, 2.75) is 6.23 Å². The minimum absolute atomic E-state index is 0.594. The number of aliphatic hydroxyl groups excluding tert-OH is 1. The number of hydrogen-bond acceptors (Lipinski definition) is 5. The largest absolute Gasteiger partial charge is 0.369 e. The second-order valence-corrected chi connectivity index (χ2v) is 6.12. The number of halogens is 1. The zero-order chi connectivity index (χ0) is 16.5. The smallest absolute Gasteiger partial charge is 0.162 e. The first-order valence-electron chi connectivity index (χ1n) is 7.24. The van der Waals surface area contributed by atoms with Gasteiger partial charge in [-0.2, -0.15) is 10.2 Å². The molecule has 3 aromatic heterocycles. The van der Waals surface area contributed by atoms with Crippen LogP contribution < -0.4 is 5.32 Å². The molecule has 0 amide bonds. The topological polar surface area (TPSA) is 91.1 Å². The fourth-order valence-corrected chi connectivity index (χ4v) is 2.92. The number of aromatic amines is 1. The van der Waals surface area contributed by atoms with Crippen LogP contribution in [0.15, 0.2) is 59.6 Å². The van der Waals surface area contributed by atoms with E-state index in [-0.39, 0.29) is 0 Å². The van der Waals surface area contributed by atoms with E-state index in [0.29, 0.717) is 16.9 Å². The van der Waals surface area contributed by atoms with Crippen LogP contribution in [0.5, 0.6) is 0 Å².